The number of hydrogen-bond acceptors (Lipinski definition) is 3. The van der Waals surface area contributed by atoms with Crippen molar-refractivity contribution in [3.8, 4) is 0 Å². The second kappa shape index (κ2) is 5.61. The molecule has 2 rings (SSSR count). The van der Waals surface area contributed by atoms with E-state index >= 15 is 0 Å². The number of ether oxygens (including phenoxy) is 1. The van der Waals surface area contributed by atoms with Gasteiger partial charge >= 0.3 is 0 Å². The highest BCUT2D eigenvalue weighted by atomic mass is 16.5. The Bertz CT molecular complexity index is 210. The normalized spacial score (nSPS) is 34.5. The molecule has 0 aromatic carbocycles. The van der Waals surface area contributed by atoms with Gasteiger partial charge in [-0.2, -0.15) is 0 Å². The van der Waals surface area contributed by atoms with Gasteiger partial charge in [0.15, 0.2) is 0 Å². The van der Waals surface area contributed by atoms with Crippen LogP contribution in [0.25, 0.3) is 0 Å². The maximum absolute atomic E-state index is 11.8. The van der Waals surface area contributed by atoms with Gasteiger partial charge in [-0.05, 0) is 19.4 Å². The second-order valence-corrected chi connectivity index (χ2v) is 4.66. The minimum absolute atomic E-state index is 0.122. The molecule has 2 heterocycles. The van der Waals surface area contributed by atoms with Crippen molar-refractivity contribution < 1.29 is 9.53 Å². The van der Waals surface area contributed by atoms with Crippen LogP contribution in [-0.4, -0.2) is 31.6 Å². The number of nitrogens with one attached hydrogen (secondary N) is 1. The van der Waals surface area contributed by atoms with Crippen LogP contribution in [0, 0.1) is 5.92 Å². The third-order valence-electron chi connectivity index (χ3n) is 3.54. The van der Waals surface area contributed by atoms with Crippen LogP contribution >= 0.6 is 0 Å². The van der Waals surface area contributed by atoms with Gasteiger partial charge < -0.3 is 10.1 Å². The number of carbonyl (C=O) groups excluding carboxylic acids is 1. The standard InChI is InChI=1S/C12H21NO2/c14-12-6-8-15-9-10(12)11-5-3-1-2-4-7-13-11/h10-11,13H,1-9H2. The quantitative estimate of drug-likeness (QED) is 0.714. The summed E-state index contributed by atoms with van der Waals surface area (Å²) in [5, 5.41) is 3.52. The van der Waals surface area contributed by atoms with Crippen molar-refractivity contribution >= 4 is 5.78 Å². The van der Waals surface area contributed by atoms with Crippen molar-refractivity contribution in [1.29, 1.82) is 0 Å². The molecule has 3 heteroatoms. The summed E-state index contributed by atoms with van der Waals surface area (Å²) in [7, 11) is 0. The van der Waals surface area contributed by atoms with Crippen LogP contribution in [0.5, 0.6) is 0 Å². The Morgan fingerprint density at radius 1 is 1.20 bits per heavy atom. The molecule has 2 atom stereocenters. The molecule has 3 nitrogen and oxygen atoms in total. The SMILES string of the molecule is O=C1CCOCC1C1CCCCCCN1. The highest BCUT2D eigenvalue weighted by Crippen LogP contribution is 2.20. The lowest BCUT2D eigenvalue weighted by Gasteiger charge is -2.31. The summed E-state index contributed by atoms with van der Waals surface area (Å²) in [5.74, 6) is 0.524. The Balaban J connectivity index is 1.90. The first-order valence-corrected chi connectivity index (χ1v) is 6.22. The van der Waals surface area contributed by atoms with E-state index in [9.17, 15) is 4.79 Å². The fraction of sp³-hybridized carbons (Fsp3) is 0.917. The number of ketones is 1. The predicted octanol–water partition coefficient (Wildman–Crippen LogP) is 1.51. The van der Waals surface area contributed by atoms with E-state index in [0.717, 1.165) is 13.0 Å². The summed E-state index contributed by atoms with van der Waals surface area (Å²) in [6, 6.07) is 0.373. The average molecular weight is 211 g/mol. The summed E-state index contributed by atoms with van der Waals surface area (Å²) in [6.45, 7) is 2.33. The maximum atomic E-state index is 11.8. The molecule has 2 unspecified atom stereocenters. The maximum Gasteiger partial charge on any atom is 0.142 e. The van der Waals surface area contributed by atoms with Gasteiger partial charge in [-0.3, -0.25) is 4.79 Å². The predicted molar refractivity (Wildman–Crippen MR) is 58.8 cm³/mol. The van der Waals surface area contributed by atoms with Crippen LogP contribution < -0.4 is 5.32 Å². The second-order valence-electron chi connectivity index (χ2n) is 4.66. The van der Waals surface area contributed by atoms with Crippen molar-refractivity contribution in [3.63, 3.8) is 0 Å². The lowest BCUT2D eigenvalue weighted by Crippen LogP contribution is -2.45. The highest BCUT2D eigenvalue weighted by molar-refractivity contribution is 5.82. The van der Waals surface area contributed by atoms with Crippen molar-refractivity contribution in [1.82, 2.24) is 5.32 Å². The summed E-state index contributed by atoms with van der Waals surface area (Å²) >= 11 is 0. The van der Waals surface area contributed by atoms with Gasteiger partial charge in [-0.15, -0.1) is 0 Å². The Labute approximate surface area is 91.6 Å². The minimum Gasteiger partial charge on any atom is -0.380 e. The topological polar surface area (TPSA) is 38.3 Å². The molecule has 1 N–H and O–H groups in total. The van der Waals surface area contributed by atoms with Crippen LogP contribution in [0.15, 0.2) is 0 Å². The lowest BCUT2D eigenvalue weighted by molar-refractivity contribution is -0.132. The molecule has 0 aliphatic carbocycles. The fourth-order valence-corrected chi connectivity index (χ4v) is 2.58. The summed E-state index contributed by atoms with van der Waals surface area (Å²) in [4.78, 5) is 11.8. The molecule has 2 fully saturated rings. The number of carbonyl (C=O) groups is 1. The molecule has 2 aliphatic heterocycles. The zero-order valence-corrected chi connectivity index (χ0v) is 9.34. The third-order valence-corrected chi connectivity index (χ3v) is 3.54. The molecule has 0 aromatic rings. The van der Waals surface area contributed by atoms with Gasteiger partial charge in [0.1, 0.15) is 5.78 Å². The first-order chi connectivity index (χ1) is 7.38. The van der Waals surface area contributed by atoms with Crippen LogP contribution in [0.2, 0.25) is 0 Å². The van der Waals surface area contributed by atoms with Crippen LogP contribution in [0.3, 0.4) is 0 Å². The molecule has 2 aliphatic rings. The Hall–Kier alpha value is -0.410. The van der Waals surface area contributed by atoms with Gasteiger partial charge in [0.05, 0.1) is 19.1 Å². The summed E-state index contributed by atoms with van der Waals surface area (Å²) in [6.07, 6.45) is 6.90. The molecule has 0 amide bonds. The highest BCUT2D eigenvalue weighted by Gasteiger charge is 2.30. The van der Waals surface area contributed by atoms with E-state index in [0.29, 0.717) is 31.5 Å². The lowest BCUT2D eigenvalue weighted by atomic mass is 9.88. The zero-order chi connectivity index (χ0) is 10.5. The van der Waals surface area contributed by atoms with E-state index in [1.165, 1.54) is 25.7 Å². The van der Waals surface area contributed by atoms with Gasteiger partial charge in [0.2, 0.25) is 0 Å². The van der Waals surface area contributed by atoms with Crippen LogP contribution in [-0.2, 0) is 9.53 Å². The van der Waals surface area contributed by atoms with Gasteiger partial charge in [-0.25, -0.2) is 0 Å². The molecule has 2 saturated heterocycles. The summed E-state index contributed by atoms with van der Waals surface area (Å²) < 4.78 is 5.42. The molecule has 86 valence electrons. The number of Topliss-reactive ketones (excluding diaryl/α,β-unsaturated/α-hetero) is 1. The van der Waals surface area contributed by atoms with Gasteiger partial charge in [0, 0.05) is 12.5 Å². The van der Waals surface area contributed by atoms with Crippen LogP contribution in [0.1, 0.15) is 38.5 Å². The van der Waals surface area contributed by atoms with E-state index in [1.807, 2.05) is 0 Å². The van der Waals surface area contributed by atoms with E-state index in [4.69, 9.17) is 4.74 Å². The molecule has 0 bridgehead atoms. The first kappa shape index (κ1) is 11.1. The molecular formula is C12H21NO2. The monoisotopic (exact) mass is 211 g/mol. The summed E-state index contributed by atoms with van der Waals surface area (Å²) in [5.41, 5.74) is 0. The molecule has 0 aromatic heterocycles. The van der Waals surface area contributed by atoms with Crippen molar-refractivity contribution in [2.75, 3.05) is 19.8 Å². The molecule has 15 heavy (non-hydrogen) atoms. The Morgan fingerprint density at radius 3 is 2.93 bits per heavy atom. The smallest absolute Gasteiger partial charge is 0.142 e. The first-order valence-electron chi connectivity index (χ1n) is 6.22. The van der Waals surface area contributed by atoms with E-state index in [2.05, 4.69) is 5.32 Å². The van der Waals surface area contributed by atoms with E-state index in [-0.39, 0.29) is 5.92 Å². The fourth-order valence-electron chi connectivity index (χ4n) is 2.58. The molecular weight excluding hydrogens is 190 g/mol. The Morgan fingerprint density at radius 2 is 2.07 bits per heavy atom. The minimum atomic E-state index is 0.122. The largest absolute Gasteiger partial charge is 0.380 e. The zero-order valence-electron chi connectivity index (χ0n) is 9.34. The number of hydrogen-bond donors (Lipinski definition) is 1. The van der Waals surface area contributed by atoms with Crippen molar-refractivity contribution in [3.05, 3.63) is 0 Å². The molecule has 0 saturated carbocycles. The molecule has 0 radical (unpaired) electrons. The molecule has 0 spiro atoms. The van der Waals surface area contributed by atoms with Gasteiger partial charge in [-0.1, -0.05) is 19.3 Å². The van der Waals surface area contributed by atoms with E-state index < -0.39 is 0 Å². The Kier molecular flexibility index (Phi) is 4.15. The van der Waals surface area contributed by atoms with Gasteiger partial charge in [0.25, 0.3) is 0 Å². The van der Waals surface area contributed by atoms with Crippen molar-refractivity contribution in [2.24, 2.45) is 5.92 Å². The average Bonchev–Trinajstić information content (AvgIpc) is 2.19. The van der Waals surface area contributed by atoms with Crippen molar-refractivity contribution in [2.45, 2.75) is 44.6 Å². The van der Waals surface area contributed by atoms with Crippen LogP contribution in [0.4, 0.5) is 0 Å². The number of rotatable bonds is 1. The third kappa shape index (κ3) is 3.02. The van der Waals surface area contributed by atoms with E-state index in [1.54, 1.807) is 0 Å².